The highest BCUT2D eigenvalue weighted by Gasteiger charge is 2.42. The van der Waals surface area contributed by atoms with E-state index in [1.54, 1.807) is 0 Å². The summed E-state index contributed by atoms with van der Waals surface area (Å²) in [6.07, 6.45) is 6.97. The lowest BCUT2D eigenvalue weighted by Crippen LogP contribution is -2.50. The number of hydrogen-bond acceptors (Lipinski definition) is 6. The van der Waals surface area contributed by atoms with Gasteiger partial charge in [0.15, 0.2) is 0 Å². The molecule has 2 amide bonds. The lowest BCUT2D eigenvalue weighted by Gasteiger charge is -2.46. The maximum absolute atomic E-state index is 12.4. The average Bonchev–Trinajstić information content (AvgIpc) is 3.39. The van der Waals surface area contributed by atoms with Crippen LogP contribution in [0.4, 0.5) is 9.59 Å². The molecule has 2 unspecified atom stereocenters. The van der Waals surface area contributed by atoms with Gasteiger partial charge in [-0.1, -0.05) is 20.8 Å². The first kappa shape index (κ1) is 25.1. The third-order valence-electron chi connectivity index (χ3n) is 7.10. The Bertz CT molecular complexity index is 617. The molecule has 1 saturated carbocycles. The second-order valence-corrected chi connectivity index (χ2v) is 11.1. The van der Waals surface area contributed by atoms with Gasteiger partial charge in [-0.25, -0.2) is 9.59 Å². The minimum atomic E-state index is -0.348. The molecule has 0 aromatic carbocycles. The summed E-state index contributed by atoms with van der Waals surface area (Å²) >= 11 is 0. The third kappa shape index (κ3) is 8.43. The molecule has 2 saturated heterocycles. The van der Waals surface area contributed by atoms with E-state index >= 15 is 0 Å². The molecule has 3 rings (SSSR count). The molecule has 1 aliphatic carbocycles. The quantitative estimate of drug-likeness (QED) is 0.559. The van der Waals surface area contributed by atoms with Crippen molar-refractivity contribution in [2.45, 2.75) is 71.8 Å². The number of nitrogens with zero attached hydrogens (tertiary/aromatic N) is 2. The Morgan fingerprint density at radius 3 is 1.94 bits per heavy atom. The van der Waals surface area contributed by atoms with Gasteiger partial charge in [-0.15, -0.1) is 0 Å². The number of carbonyl (C=O) groups is 2. The van der Waals surface area contributed by atoms with E-state index in [0.29, 0.717) is 19.8 Å². The van der Waals surface area contributed by atoms with Crippen molar-refractivity contribution in [3.8, 4) is 0 Å². The van der Waals surface area contributed by atoms with Crippen molar-refractivity contribution in [1.82, 2.24) is 20.4 Å². The average molecular weight is 453 g/mol. The first-order valence-electron chi connectivity index (χ1n) is 12.5. The normalized spacial score (nSPS) is 28.4. The van der Waals surface area contributed by atoms with Gasteiger partial charge in [0.2, 0.25) is 0 Å². The van der Waals surface area contributed by atoms with E-state index in [0.717, 1.165) is 58.5 Å². The van der Waals surface area contributed by atoms with Crippen LogP contribution in [0, 0.1) is 10.8 Å². The molecule has 0 radical (unpaired) electrons. The van der Waals surface area contributed by atoms with Crippen LogP contribution in [0.5, 0.6) is 0 Å². The van der Waals surface area contributed by atoms with E-state index in [-0.39, 0.29) is 29.1 Å². The van der Waals surface area contributed by atoms with Crippen molar-refractivity contribution < 1.29 is 19.1 Å². The van der Waals surface area contributed by atoms with Gasteiger partial charge < -0.3 is 20.1 Å². The highest BCUT2D eigenvalue weighted by molar-refractivity contribution is 5.68. The number of alkyl carbamates (subject to hydrolysis) is 2. The Hall–Kier alpha value is -1.54. The summed E-state index contributed by atoms with van der Waals surface area (Å²) in [4.78, 5) is 29.2. The molecular weight excluding hydrogens is 408 g/mol. The number of rotatable bonds is 9. The SMILES string of the molecule is CC1(C)CC(NC(=O)OCCN2CCCC2)CC(C)(CNC(=O)OCCN2CCCC2)C1. The fraction of sp³-hybridized carbons (Fsp3) is 0.917. The van der Waals surface area contributed by atoms with Crippen LogP contribution < -0.4 is 10.6 Å². The van der Waals surface area contributed by atoms with E-state index in [2.05, 4.69) is 41.2 Å². The van der Waals surface area contributed by atoms with Crippen LogP contribution in [0.1, 0.15) is 65.7 Å². The summed E-state index contributed by atoms with van der Waals surface area (Å²) in [6.45, 7) is 14.1. The Labute approximate surface area is 193 Å². The molecule has 3 aliphatic rings. The molecule has 3 fully saturated rings. The molecular formula is C24H44N4O4. The summed E-state index contributed by atoms with van der Waals surface area (Å²) in [7, 11) is 0. The van der Waals surface area contributed by atoms with Crippen LogP contribution >= 0.6 is 0 Å². The van der Waals surface area contributed by atoms with Gasteiger partial charge in [-0.2, -0.15) is 0 Å². The molecule has 0 aromatic heterocycles. The molecule has 0 aromatic rings. The molecule has 2 aliphatic heterocycles. The van der Waals surface area contributed by atoms with Crippen LogP contribution in [0.3, 0.4) is 0 Å². The van der Waals surface area contributed by atoms with E-state index in [1.807, 2.05) is 0 Å². The molecule has 0 bridgehead atoms. The zero-order chi connectivity index (χ0) is 23.0. The number of carbonyl (C=O) groups excluding carboxylic acids is 2. The van der Waals surface area contributed by atoms with Gasteiger partial charge in [0.25, 0.3) is 0 Å². The number of ether oxygens (including phenoxy) is 2. The van der Waals surface area contributed by atoms with Crippen molar-refractivity contribution in [1.29, 1.82) is 0 Å². The van der Waals surface area contributed by atoms with Crippen molar-refractivity contribution in [2.24, 2.45) is 10.8 Å². The standard InChI is InChI=1S/C24H44N4O4/c1-23(2)16-20(26-22(30)32-15-13-28-10-6-7-11-28)17-24(3,18-23)19-25-21(29)31-14-12-27-8-4-5-9-27/h20H,4-19H2,1-3H3,(H,25,29)(H,26,30). The Kier molecular flexibility index (Phi) is 9.05. The number of likely N-dealkylation sites (tertiary alicyclic amines) is 2. The lowest BCUT2D eigenvalue weighted by atomic mass is 9.62. The Balaban J connectivity index is 1.38. The zero-order valence-electron chi connectivity index (χ0n) is 20.4. The number of amides is 2. The lowest BCUT2D eigenvalue weighted by molar-refractivity contribution is 0.0608. The number of hydrogen-bond donors (Lipinski definition) is 2. The largest absolute Gasteiger partial charge is 0.448 e. The maximum Gasteiger partial charge on any atom is 0.407 e. The minimum absolute atomic E-state index is 0.0380. The fourth-order valence-corrected chi connectivity index (χ4v) is 5.96. The highest BCUT2D eigenvalue weighted by atomic mass is 16.6. The minimum Gasteiger partial charge on any atom is -0.448 e. The summed E-state index contributed by atoms with van der Waals surface area (Å²) in [6, 6.07) is 0.0380. The summed E-state index contributed by atoms with van der Waals surface area (Å²) in [5, 5.41) is 6.05. The summed E-state index contributed by atoms with van der Waals surface area (Å²) in [5.41, 5.74) is -0.0367. The number of nitrogens with one attached hydrogen (secondary N) is 2. The molecule has 32 heavy (non-hydrogen) atoms. The van der Waals surface area contributed by atoms with E-state index in [4.69, 9.17) is 9.47 Å². The van der Waals surface area contributed by atoms with Crippen molar-refractivity contribution in [3.63, 3.8) is 0 Å². The van der Waals surface area contributed by atoms with Gasteiger partial charge in [0, 0.05) is 25.7 Å². The van der Waals surface area contributed by atoms with Gasteiger partial charge >= 0.3 is 12.2 Å². The highest BCUT2D eigenvalue weighted by Crippen LogP contribution is 2.45. The monoisotopic (exact) mass is 452 g/mol. The molecule has 2 atom stereocenters. The van der Waals surface area contributed by atoms with Crippen LogP contribution in [0.15, 0.2) is 0 Å². The second-order valence-electron chi connectivity index (χ2n) is 11.1. The summed E-state index contributed by atoms with van der Waals surface area (Å²) in [5.74, 6) is 0. The van der Waals surface area contributed by atoms with Gasteiger partial charge in [0.1, 0.15) is 13.2 Å². The van der Waals surface area contributed by atoms with Crippen LogP contribution in [-0.4, -0.2) is 87.1 Å². The van der Waals surface area contributed by atoms with Crippen molar-refractivity contribution in [3.05, 3.63) is 0 Å². The van der Waals surface area contributed by atoms with E-state index < -0.39 is 0 Å². The second kappa shape index (κ2) is 11.5. The summed E-state index contributed by atoms with van der Waals surface area (Å²) < 4.78 is 10.8. The van der Waals surface area contributed by atoms with Crippen LogP contribution in [0.25, 0.3) is 0 Å². The van der Waals surface area contributed by atoms with Crippen molar-refractivity contribution in [2.75, 3.05) is 59.0 Å². The zero-order valence-corrected chi connectivity index (χ0v) is 20.4. The molecule has 8 heteroatoms. The molecule has 2 N–H and O–H groups in total. The fourth-order valence-electron chi connectivity index (χ4n) is 5.96. The molecule has 2 heterocycles. The van der Waals surface area contributed by atoms with E-state index in [9.17, 15) is 9.59 Å². The Morgan fingerprint density at radius 2 is 1.38 bits per heavy atom. The van der Waals surface area contributed by atoms with Crippen molar-refractivity contribution >= 4 is 12.2 Å². The topological polar surface area (TPSA) is 83.1 Å². The van der Waals surface area contributed by atoms with Gasteiger partial charge in [-0.3, -0.25) is 9.80 Å². The Morgan fingerprint density at radius 1 is 0.844 bits per heavy atom. The van der Waals surface area contributed by atoms with E-state index in [1.165, 1.54) is 25.7 Å². The molecule has 184 valence electrons. The smallest absolute Gasteiger partial charge is 0.407 e. The first-order chi connectivity index (χ1) is 15.2. The first-order valence-corrected chi connectivity index (χ1v) is 12.5. The van der Waals surface area contributed by atoms with Gasteiger partial charge in [0.05, 0.1) is 0 Å². The molecule has 8 nitrogen and oxygen atoms in total. The third-order valence-corrected chi connectivity index (χ3v) is 7.10. The maximum atomic E-state index is 12.4. The van der Waals surface area contributed by atoms with Gasteiger partial charge in [-0.05, 0) is 82.0 Å². The predicted octanol–water partition coefficient (Wildman–Crippen LogP) is 3.22. The predicted molar refractivity (Wildman–Crippen MR) is 125 cm³/mol. The van der Waals surface area contributed by atoms with Crippen LogP contribution in [-0.2, 0) is 9.47 Å². The van der Waals surface area contributed by atoms with Crippen LogP contribution in [0.2, 0.25) is 0 Å². The molecule has 0 spiro atoms.